The zero-order valence-electron chi connectivity index (χ0n) is 18.2. The number of anilines is 1. The van der Waals surface area contributed by atoms with Crippen molar-refractivity contribution in [3.63, 3.8) is 0 Å². The van der Waals surface area contributed by atoms with Gasteiger partial charge >= 0.3 is 0 Å². The number of aryl methyl sites for hydroxylation is 1. The molecule has 2 aromatic carbocycles. The molecule has 2 saturated heterocycles. The standard InChI is InChI=1S/C26H37N3O/c30-21-15-26-22-29(20-19-27(26)16-7-10-23-8-3-1-4-9-23)25-13-17-28(18-14-25)24-11-5-2-6-12-24/h1-6,8-9,11-12,25-26,30H,7,10,13-22H2/t26-/m0/s1. The summed E-state index contributed by atoms with van der Waals surface area (Å²) in [5.74, 6) is 0. The molecule has 0 aromatic heterocycles. The second-order valence-electron chi connectivity index (χ2n) is 8.84. The van der Waals surface area contributed by atoms with Gasteiger partial charge in [0.2, 0.25) is 0 Å². The van der Waals surface area contributed by atoms with Gasteiger partial charge in [0.15, 0.2) is 0 Å². The van der Waals surface area contributed by atoms with E-state index in [1.165, 1.54) is 37.1 Å². The Labute approximate surface area is 182 Å². The number of para-hydroxylation sites is 1. The molecule has 4 rings (SSSR count). The topological polar surface area (TPSA) is 30.0 Å². The Morgan fingerprint density at radius 1 is 0.833 bits per heavy atom. The molecule has 0 aliphatic carbocycles. The molecule has 4 heteroatoms. The van der Waals surface area contributed by atoms with Crippen LogP contribution in [0.5, 0.6) is 0 Å². The summed E-state index contributed by atoms with van der Waals surface area (Å²) in [6.45, 7) is 7.15. The summed E-state index contributed by atoms with van der Waals surface area (Å²) in [5, 5.41) is 9.65. The van der Waals surface area contributed by atoms with Crippen molar-refractivity contribution in [2.45, 2.75) is 44.2 Å². The molecule has 2 aliphatic heterocycles. The van der Waals surface area contributed by atoms with Crippen molar-refractivity contribution >= 4 is 5.69 Å². The van der Waals surface area contributed by atoms with Crippen LogP contribution in [0.2, 0.25) is 0 Å². The molecular weight excluding hydrogens is 370 g/mol. The zero-order chi connectivity index (χ0) is 20.6. The number of aliphatic hydroxyl groups excluding tert-OH is 1. The summed E-state index contributed by atoms with van der Waals surface area (Å²) >= 11 is 0. The van der Waals surface area contributed by atoms with E-state index in [0.29, 0.717) is 18.7 Å². The van der Waals surface area contributed by atoms with Crippen molar-refractivity contribution in [1.82, 2.24) is 9.80 Å². The first-order valence-corrected chi connectivity index (χ1v) is 11.8. The van der Waals surface area contributed by atoms with Gasteiger partial charge in [-0.15, -0.1) is 0 Å². The molecule has 2 aromatic rings. The van der Waals surface area contributed by atoms with Gasteiger partial charge in [0, 0.05) is 57.1 Å². The maximum absolute atomic E-state index is 9.65. The van der Waals surface area contributed by atoms with E-state index in [4.69, 9.17) is 0 Å². The summed E-state index contributed by atoms with van der Waals surface area (Å²) in [7, 11) is 0. The minimum absolute atomic E-state index is 0.292. The van der Waals surface area contributed by atoms with Crippen LogP contribution in [0.3, 0.4) is 0 Å². The average Bonchev–Trinajstić information content (AvgIpc) is 2.81. The highest BCUT2D eigenvalue weighted by Crippen LogP contribution is 2.25. The van der Waals surface area contributed by atoms with Crippen LogP contribution >= 0.6 is 0 Å². The Hall–Kier alpha value is -1.88. The number of hydrogen-bond acceptors (Lipinski definition) is 4. The van der Waals surface area contributed by atoms with Crippen molar-refractivity contribution in [2.75, 3.05) is 50.8 Å². The summed E-state index contributed by atoms with van der Waals surface area (Å²) < 4.78 is 0. The predicted octanol–water partition coefficient (Wildman–Crippen LogP) is 3.66. The minimum Gasteiger partial charge on any atom is -0.396 e. The fourth-order valence-corrected chi connectivity index (χ4v) is 5.22. The summed E-state index contributed by atoms with van der Waals surface area (Å²) in [5.41, 5.74) is 2.79. The van der Waals surface area contributed by atoms with Crippen molar-refractivity contribution in [1.29, 1.82) is 0 Å². The quantitative estimate of drug-likeness (QED) is 0.723. The number of piperazine rings is 1. The lowest BCUT2D eigenvalue weighted by atomic mass is 9.99. The van der Waals surface area contributed by atoms with Crippen molar-refractivity contribution in [3.8, 4) is 0 Å². The maximum Gasteiger partial charge on any atom is 0.0446 e. The van der Waals surface area contributed by atoms with Gasteiger partial charge in [0.1, 0.15) is 0 Å². The van der Waals surface area contributed by atoms with Crippen LogP contribution in [0.25, 0.3) is 0 Å². The Bertz CT molecular complexity index is 726. The lowest BCUT2D eigenvalue weighted by Crippen LogP contribution is -2.57. The highest BCUT2D eigenvalue weighted by Gasteiger charge is 2.32. The zero-order valence-corrected chi connectivity index (χ0v) is 18.2. The Kier molecular flexibility index (Phi) is 7.79. The number of rotatable bonds is 8. The smallest absolute Gasteiger partial charge is 0.0446 e. The van der Waals surface area contributed by atoms with Crippen molar-refractivity contribution in [2.24, 2.45) is 0 Å². The van der Waals surface area contributed by atoms with E-state index in [1.54, 1.807) is 0 Å². The Morgan fingerprint density at radius 2 is 1.53 bits per heavy atom. The fraction of sp³-hybridized carbons (Fsp3) is 0.538. The molecular formula is C26H37N3O. The lowest BCUT2D eigenvalue weighted by molar-refractivity contribution is 0.0294. The van der Waals surface area contributed by atoms with Gasteiger partial charge in [-0.25, -0.2) is 0 Å². The molecule has 4 nitrogen and oxygen atoms in total. The van der Waals surface area contributed by atoms with Crippen LogP contribution in [-0.2, 0) is 6.42 Å². The highest BCUT2D eigenvalue weighted by molar-refractivity contribution is 5.46. The number of nitrogens with zero attached hydrogens (tertiary/aromatic N) is 3. The molecule has 30 heavy (non-hydrogen) atoms. The molecule has 0 spiro atoms. The predicted molar refractivity (Wildman–Crippen MR) is 125 cm³/mol. The summed E-state index contributed by atoms with van der Waals surface area (Å²) in [6.07, 6.45) is 5.72. The third kappa shape index (κ3) is 5.63. The van der Waals surface area contributed by atoms with E-state index >= 15 is 0 Å². The number of hydrogen-bond donors (Lipinski definition) is 1. The summed E-state index contributed by atoms with van der Waals surface area (Å²) in [6, 6.07) is 22.8. The minimum atomic E-state index is 0.292. The third-order valence-corrected chi connectivity index (χ3v) is 6.95. The van der Waals surface area contributed by atoms with Gasteiger partial charge in [-0.05, 0) is 56.3 Å². The molecule has 1 atom stereocenters. The van der Waals surface area contributed by atoms with Crippen LogP contribution in [0, 0.1) is 0 Å². The van der Waals surface area contributed by atoms with Crippen LogP contribution in [-0.4, -0.2) is 72.9 Å². The first kappa shape index (κ1) is 21.4. The number of aliphatic hydroxyl groups is 1. The molecule has 2 fully saturated rings. The molecule has 0 unspecified atom stereocenters. The van der Waals surface area contributed by atoms with E-state index in [0.717, 1.165) is 45.6 Å². The van der Waals surface area contributed by atoms with Crippen LogP contribution in [0.4, 0.5) is 5.69 Å². The van der Waals surface area contributed by atoms with Gasteiger partial charge in [0.25, 0.3) is 0 Å². The van der Waals surface area contributed by atoms with Gasteiger partial charge in [0.05, 0.1) is 0 Å². The molecule has 162 valence electrons. The molecule has 0 amide bonds. The van der Waals surface area contributed by atoms with Crippen molar-refractivity contribution in [3.05, 3.63) is 66.2 Å². The van der Waals surface area contributed by atoms with E-state index < -0.39 is 0 Å². The first-order valence-electron chi connectivity index (χ1n) is 11.8. The Balaban J connectivity index is 1.25. The number of benzene rings is 2. The summed E-state index contributed by atoms with van der Waals surface area (Å²) in [4.78, 5) is 7.88. The number of piperidine rings is 1. The van der Waals surface area contributed by atoms with Gasteiger partial charge in [-0.1, -0.05) is 48.5 Å². The van der Waals surface area contributed by atoms with Gasteiger partial charge < -0.3 is 10.0 Å². The maximum atomic E-state index is 9.65. The first-order chi connectivity index (χ1) is 14.8. The van der Waals surface area contributed by atoms with Gasteiger partial charge in [-0.3, -0.25) is 9.80 Å². The third-order valence-electron chi connectivity index (χ3n) is 6.95. The monoisotopic (exact) mass is 407 g/mol. The van der Waals surface area contributed by atoms with E-state index in [-0.39, 0.29) is 0 Å². The second-order valence-corrected chi connectivity index (χ2v) is 8.84. The van der Waals surface area contributed by atoms with Crippen LogP contribution in [0.15, 0.2) is 60.7 Å². The van der Waals surface area contributed by atoms with E-state index in [2.05, 4.69) is 75.4 Å². The van der Waals surface area contributed by atoms with E-state index in [1.807, 2.05) is 0 Å². The molecule has 1 N–H and O–H groups in total. The van der Waals surface area contributed by atoms with Crippen molar-refractivity contribution < 1.29 is 5.11 Å². The second kappa shape index (κ2) is 10.9. The van der Waals surface area contributed by atoms with Crippen LogP contribution < -0.4 is 4.90 Å². The normalized spacial score (nSPS) is 21.8. The van der Waals surface area contributed by atoms with Gasteiger partial charge in [-0.2, -0.15) is 0 Å². The molecule has 0 saturated carbocycles. The molecule has 0 radical (unpaired) electrons. The lowest BCUT2D eigenvalue weighted by Gasteiger charge is -2.47. The van der Waals surface area contributed by atoms with Crippen LogP contribution in [0.1, 0.15) is 31.2 Å². The molecule has 2 heterocycles. The van der Waals surface area contributed by atoms with E-state index in [9.17, 15) is 5.11 Å². The molecule has 0 bridgehead atoms. The Morgan fingerprint density at radius 3 is 2.23 bits per heavy atom. The largest absolute Gasteiger partial charge is 0.396 e. The molecule has 2 aliphatic rings. The highest BCUT2D eigenvalue weighted by atomic mass is 16.3. The SMILES string of the molecule is OCC[C@H]1CN(C2CCN(c3ccccc3)CC2)CCN1CCCc1ccccc1. The average molecular weight is 408 g/mol. The fourth-order valence-electron chi connectivity index (χ4n) is 5.22.